The zero-order valence-corrected chi connectivity index (χ0v) is 23.1. The molecule has 0 saturated carbocycles. The maximum absolute atomic E-state index is 5.39. The summed E-state index contributed by atoms with van der Waals surface area (Å²) in [6, 6.07) is 4.21. The van der Waals surface area contributed by atoms with E-state index >= 15 is 0 Å². The average Bonchev–Trinajstić information content (AvgIpc) is 3.53. The molecular formula is C29H45N3OS. The first-order chi connectivity index (χ1) is 16.6. The smallest absolute Gasteiger partial charge is 0.0666 e. The number of H-pyrrole nitrogens is 1. The van der Waals surface area contributed by atoms with Gasteiger partial charge in [0, 0.05) is 37.3 Å². The minimum atomic E-state index is 0.751. The quantitative estimate of drug-likeness (QED) is 0.221. The standard InChI is InChI=1S/C25H33N3OS.2C2H6/c1-6-9-11-23(13-12-22-14-17-30-19-22)28(7-2)25-18-24(27-21(25)5)20(4)26-15-10-16-29-8-3;2*1-2/h6-7,9,11-14,17-19,26-27H,2,4,8,10,15-16H2,1,3,5H3;2*1-2H3/b9-6-,13-12+,23-11+;;. The lowest BCUT2D eigenvalue weighted by Gasteiger charge is -2.21. The van der Waals surface area contributed by atoms with Gasteiger partial charge in [0.05, 0.1) is 17.1 Å². The van der Waals surface area contributed by atoms with Gasteiger partial charge in [0.15, 0.2) is 0 Å². The van der Waals surface area contributed by atoms with Crippen molar-refractivity contribution < 1.29 is 4.74 Å². The number of aromatic amines is 1. The van der Waals surface area contributed by atoms with E-state index < -0.39 is 0 Å². The van der Waals surface area contributed by atoms with Crippen LogP contribution < -0.4 is 10.2 Å². The SMILES string of the molecule is C=CN(C(/C=C/c1ccsc1)=C/C=C\C)c1cc(C(=C)NCCCOCC)[nH]c1C.CC.CC. The van der Waals surface area contributed by atoms with Crippen LogP contribution in [-0.4, -0.2) is 24.7 Å². The van der Waals surface area contributed by atoms with E-state index in [1.807, 2.05) is 59.9 Å². The van der Waals surface area contributed by atoms with Gasteiger partial charge in [0.2, 0.25) is 0 Å². The number of rotatable bonds is 13. The summed E-state index contributed by atoms with van der Waals surface area (Å²) in [5, 5.41) is 7.58. The molecule has 0 atom stereocenters. The number of aryl methyl sites for hydroxylation is 1. The van der Waals surface area contributed by atoms with Crippen LogP contribution in [-0.2, 0) is 4.74 Å². The van der Waals surface area contributed by atoms with Crippen LogP contribution in [0, 0.1) is 6.92 Å². The molecule has 0 radical (unpaired) electrons. The van der Waals surface area contributed by atoms with Crippen molar-refractivity contribution in [2.75, 3.05) is 24.7 Å². The van der Waals surface area contributed by atoms with Crippen LogP contribution in [0.5, 0.6) is 0 Å². The van der Waals surface area contributed by atoms with Crippen molar-refractivity contribution in [2.45, 2.75) is 54.9 Å². The van der Waals surface area contributed by atoms with Crippen molar-refractivity contribution in [1.29, 1.82) is 0 Å². The molecule has 0 spiro atoms. The Morgan fingerprint density at radius 3 is 2.59 bits per heavy atom. The molecule has 0 aliphatic heterocycles. The van der Waals surface area contributed by atoms with Crippen LogP contribution in [0.1, 0.15) is 64.9 Å². The number of hydrogen-bond acceptors (Lipinski definition) is 4. The molecule has 2 N–H and O–H groups in total. The predicted octanol–water partition coefficient (Wildman–Crippen LogP) is 8.55. The number of nitrogens with one attached hydrogen (secondary N) is 2. The van der Waals surface area contributed by atoms with E-state index in [0.717, 1.165) is 54.6 Å². The van der Waals surface area contributed by atoms with Crippen molar-refractivity contribution in [1.82, 2.24) is 10.3 Å². The van der Waals surface area contributed by atoms with Gasteiger partial charge in [-0.15, -0.1) is 0 Å². The topological polar surface area (TPSA) is 40.3 Å². The summed E-state index contributed by atoms with van der Waals surface area (Å²) >= 11 is 1.69. The average molecular weight is 484 g/mol. The van der Waals surface area contributed by atoms with Crippen molar-refractivity contribution in [3.05, 3.63) is 89.2 Å². The third-order valence-electron chi connectivity index (χ3n) is 4.49. The number of aromatic nitrogens is 1. The normalized spacial score (nSPS) is 11.0. The van der Waals surface area contributed by atoms with Crippen LogP contribution in [0.2, 0.25) is 0 Å². The van der Waals surface area contributed by atoms with Gasteiger partial charge < -0.3 is 19.9 Å². The van der Waals surface area contributed by atoms with Crippen LogP contribution in [0.25, 0.3) is 11.8 Å². The molecule has 188 valence electrons. The molecule has 0 fully saturated rings. The number of ether oxygens (including phenoxy) is 1. The minimum Gasteiger partial charge on any atom is -0.384 e. The molecule has 5 heteroatoms. The van der Waals surface area contributed by atoms with Crippen LogP contribution in [0.15, 0.2) is 72.3 Å². The molecule has 0 bridgehead atoms. The Balaban J connectivity index is 0.00000258. The molecule has 2 aromatic rings. The van der Waals surface area contributed by atoms with Gasteiger partial charge in [-0.05, 0) is 67.8 Å². The van der Waals surface area contributed by atoms with Gasteiger partial charge in [-0.3, -0.25) is 0 Å². The molecule has 2 heterocycles. The van der Waals surface area contributed by atoms with E-state index in [9.17, 15) is 0 Å². The first-order valence-corrected chi connectivity index (χ1v) is 13.2. The molecule has 34 heavy (non-hydrogen) atoms. The monoisotopic (exact) mass is 483 g/mol. The molecular weight excluding hydrogens is 438 g/mol. The largest absolute Gasteiger partial charge is 0.384 e. The van der Waals surface area contributed by atoms with Gasteiger partial charge in [0.1, 0.15) is 0 Å². The van der Waals surface area contributed by atoms with Gasteiger partial charge in [-0.2, -0.15) is 11.3 Å². The number of nitrogens with zero attached hydrogens (tertiary/aromatic N) is 1. The summed E-state index contributed by atoms with van der Waals surface area (Å²) in [6.45, 7) is 24.6. The van der Waals surface area contributed by atoms with Crippen molar-refractivity contribution in [3.63, 3.8) is 0 Å². The zero-order valence-electron chi connectivity index (χ0n) is 22.3. The third kappa shape index (κ3) is 10.9. The van der Waals surface area contributed by atoms with Crippen molar-refractivity contribution in [2.24, 2.45) is 0 Å². The second-order valence-corrected chi connectivity index (χ2v) is 7.49. The molecule has 0 saturated heterocycles. The van der Waals surface area contributed by atoms with E-state index in [2.05, 4.69) is 76.4 Å². The summed E-state index contributed by atoms with van der Waals surface area (Å²) in [7, 11) is 0. The number of hydrogen-bond donors (Lipinski definition) is 2. The summed E-state index contributed by atoms with van der Waals surface area (Å²) in [6.07, 6.45) is 13.1. The van der Waals surface area contributed by atoms with Crippen molar-refractivity contribution in [3.8, 4) is 0 Å². The van der Waals surface area contributed by atoms with E-state index in [-0.39, 0.29) is 0 Å². The number of thiophene rings is 1. The number of allylic oxidation sites excluding steroid dienone is 4. The maximum atomic E-state index is 5.39. The van der Waals surface area contributed by atoms with Gasteiger partial charge >= 0.3 is 0 Å². The molecule has 4 nitrogen and oxygen atoms in total. The highest BCUT2D eigenvalue weighted by molar-refractivity contribution is 7.08. The minimum absolute atomic E-state index is 0.751. The molecule has 0 aromatic carbocycles. The second kappa shape index (κ2) is 19.7. The summed E-state index contributed by atoms with van der Waals surface area (Å²) in [5.74, 6) is 0. The lowest BCUT2D eigenvalue weighted by Crippen LogP contribution is -2.15. The maximum Gasteiger partial charge on any atom is 0.0666 e. The zero-order chi connectivity index (χ0) is 25.8. The van der Waals surface area contributed by atoms with Crippen LogP contribution in [0.3, 0.4) is 0 Å². The van der Waals surface area contributed by atoms with E-state index in [4.69, 9.17) is 4.74 Å². The molecule has 0 amide bonds. The Hall–Kier alpha value is -2.76. The Morgan fingerprint density at radius 1 is 1.26 bits per heavy atom. The Labute approximate surface area is 212 Å². The van der Waals surface area contributed by atoms with Gasteiger partial charge in [-0.1, -0.05) is 59.1 Å². The third-order valence-corrected chi connectivity index (χ3v) is 5.19. The van der Waals surface area contributed by atoms with Crippen LogP contribution in [0.4, 0.5) is 5.69 Å². The molecule has 2 aromatic heterocycles. The summed E-state index contributed by atoms with van der Waals surface area (Å²) < 4.78 is 5.39. The van der Waals surface area contributed by atoms with E-state index in [1.165, 1.54) is 5.56 Å². The summed E-state index contributed by atoms with van der Waals surface area (Å²) in [5.41, 5.74) is 6.15. The fourth-order valence-electron chi connectivity index (χ4n) is 2.92. The lowest BCUT2D eigenvalue weighted by molar-refractivity contribution is 0.145. The Morgan fingerprint density at radius 2 is 2.00 bits per heavy atom. The molecule has 0 unspecified atom stereocenters. The molecule has 2 rings (SSSR count). The fraction of sp³-hybridized carbons (Fsp3) is 0.379. The highest BCUT2D eigenvalue weighted by Crippen LogP contribution is 2.28. The Bertz CT molecular complexity index is 889. The van der Waals surface area contributed by atoms with Gasteiger partial charge in [-0.25, -0.2) is 0 Å². The lowest BCUT2D eigenvalue weighted by atomic mass is 10.2. The highest BCUT2D eigenvalue weighted by atomic mass is 32.1. The van der Waals surface area contributed by atoms with Crippen molar-refractivity contribution >= 4 is 28.8 Å². The van der Waals surface area contributed by atoms with E-state index in [1.54, 1.807) is 11.3 Å². The Kier molecular flexibility index (Phi) is 18.1. The molecule has 0 aliphatic rings. The highest BCUT2D eigenvalue weighted by Gasteiger charge is 2.14. The van der Waals surface area contributed by atoms with Gasteiger partial charge in [0.25, 0.3) is 0 Å². The first kappa shape index (κ1) is 31.2. The number of anilines is 1. The van der Waals surface area contributed by atoms with E-state index in [0.29, 0.717) is 0 Å². The first-order valence-electron chi connectivity index (χ1n) is 12.3. The fourth-order valence-corrected chi connectivity index (χ4v) is 3.55. The molecule has 0 aliphatic carbocycles. The van der Waals surface area contributed by atoms with Crippen LogP contribution >= 0.6 is 11.3 Å². The second-order valence-electron chi connectivity index (χ2n) is 6.71. The summed E-state index contributed by atoms with van der Waals surface area (Å²) in [4.78, 5) is 5.53. The predicted molar refractivity (Wildman–Crippen MR) is 155 cm³/mol.